The Hall–Kier alpha value is -1.81. The quantitative estimate of drug-likeness (QED) is 0.922. The molecule has 1 aromatic heterocycles. The Balaban J connectivity index is 1.79. The fourth-order valence-corrected chi connectivity index (χ4v) is 3.12. The zero-order valence-electron chi connectivity index (χ0n) is 12.8. The first-order valence-corrected chi connectivity index (χ1v) is 7.45. The molecule has 1 N–H and O–H groups in total. The van der Waals surface area contributed by atoms with Crippen molar-refractivity contribution in [1.29, 1.82) is 0 Å². The average Bonchev–Trinajstić information content (AvgIpc) is 2.76. The normalized spacial score (nSPS) is 21.4. The minimum atomic E-state index is -0.158. The number of carbonyl (C=O) groups is 1. The highest BCUT2D eigenvalue weighted by atomic mass is 16.5. The molecule has 0 radical (unpaired) electrons. The van der Waals surface area contributed by atoms with Crippen molar-refractivity contribution >= 4 is 16.8 Å². The Morgan fingerprint density at radius 3 is 2.86 bits per heavy atom. The maximum absolute atomic E-state index is 12.5. The number of amides is 1. The smallest absolute Gasteiger partial charge is 0.268 e. The zero-order chi connectivity index (χ0) is 15.0. The number of benzene rings is 1. The Kier molecular flexibility index (Phi) is 3.49. The molecule has 1 aliphatic rings. The van der Waals surface area contributed by atoms with Gasteiger partial charge in [-0.3, -0.25) is 4.79 Å². The van der Waals surface area contributed by atoms with E-state index in [-0.39, 0.29) is 17.6 Å². The van der Waals surface area contributed by atoms with Gasteiger partial charge in [-0.2, -0.15) is 0 Å². The van der Waals surface area contributed by atoms with E-state index in [9.17, 15) is 4.79 Å². The molecule has 3 rings (SSSR count). The van der Waals surface area contributed by atoms with Crippen LogP contribution >= 0.6 is 0 Å². The summed E-state index contributed by atoms with van der Waals surface area (Å²) in [5, 5.41) is 4.25. The molecule has 1 amide bonds. The van der Waals surface area contributed by atoms with E-state index in [4.69, 9.17) is 4.74 Å². The number of nitrogens with one attached hydrogen (secondary N) is 1. The monoisotopic (exact) mass is 286 g/mol. The largest absolute Gasteiger partial charge is 0.375 e. The molecule has 4 nitrogen and oxygen atoms in total. The molecule has 2 aromatic rings. The van der Waals surface area contributed by atoms with Crippen LogP contribution in [0.2, 0.25) is 0 Å². The summed E-state index contributed by atoms with van der Waals surface area (Å²) in [5.41, 5.74) is 1.63. The van der Waals surface area contributed by atoms with E-state index in [2.05, 4.69) is 19.2 Å². The molecule has 112 valence electrons. The fourth-order valence-electron chi connectivity index (χ4n) is 3.12. The highest BCUT2D eigenvalue weighted by molar-refractivity contribution is 5.98. The standard InChI is InChI=1S/C17H22N2O2/c1-17(2)11-13(8-9-21-17)18-16(20)15-10-12-6-4-5-7-14(12)19(15)3/h4-7,10,13H,8-9,11H2,1-3H3,(H,18,20). The van der Waals surface area contributed by atoms with Crippen molar-refractivity contribution in [2.45, 2.75) is 38.3 Å². The van der Waals surface area contributed by atoms with E-state index in [0.717, 1.165) is 23.7 Å². The van der Waals surface area contributed by atoms with Crippen LogP contribution in [0, 0.1) is 0 Å². The van der Waals surface area contributed by atoms with E-state index in [1.165, 1.54) is 0 Å². The first-order chi connectivity index (χ1) is 9.96. The minimum absolute atomic E-state index is 0.00333. The molecule has 1 atom stereocenters. The average molecular weight is 286 g/mol. The van der Waals surface area contributed by atoms with Crippen molar-refractivity contribution in [2.75, 3.05) is 6.61 Å². The molecule has 1 aliphatic heterocycles. The molecular weight excluding hydrogens is 264 g/mol. The van der Waals surface area contributed by atoms with Crippen molar-refractivity contribution < 1.29 is 9.53 Å². The van der Waals surface area contributed by atoms with Gasteiger partial charge in [0.25, 0.3) is 5.91 Å². The molecule has 21 heavy (non-hydrogen) atoms. The summed E-state index contributed by atoms with van der Waals surface area (Å²) in [4.78, 5) is 12.5. The van der Waals surface area contributed by atoms with E-state index in [1.54, 1.807) is 0 Å². The van der Waals surface area contributed by atoms with Gasteiger partial charge >= 0.3 is 0 Å². The lowest BCUT2D eigenvalue weighted by Crippen LogP contribution is -2.46. The summed E-state index contributed by atoms with van der Waals surface area (Å²) in [6.07, 6.45) is 1.72. The number of hydrogen-bond donors (Lipinski definition) is 1. The summed E-state index contributed by atoms with van der Waals surface area (Å²) in [6.45, 7) is 4.84. The number of ether oxygens (including phenoxy) is 1. The second kappa shape index (κ2) is 5.19. The summed E-state index contributed by atoms with van der Waals surface area (Å²) in [7, 11) is 1.94. The van der Waals surface area contributed by atoms with Crippen molar-refractivity contribution in [1.82, 2.24) is 9.88 Å². The predicted octanol–water partition coefficient (Wildman–Crippen LogP) is 2.87. The third-order valence-electron chi connectivity index (χ3n) is 4.22. The van der Waals surface area contributed by atoms with Crippen LogP contribution in [0.4, 0.5) is 0 Å². The number of aryl methyl sites for hydroxylation is 1. The van der Waals surface area contributed by atoms with Gasteiger partial charge in [-0.25, -0.2) is 0 Å². The van der Waals surface area contributed by atoms with Crippen LogP contribution in [-0.4, -0.2) is 28.7 Å². The minimum Gasteiger partial charge on any atom is -0.375 e. The van der Waals surface area contributed by atoms with Gasteiger partial charge in [0.1, 0.15) is 5.69 Å². The van der Waals surface area contributed by atoms with Crippen LogP contribution in [0.25, 0.3) is 10.9 Å². The molecule has 1 fully saturated rings. The number of aromatic nitrogens is 1. The van der Waals surface area contributed by atoms with Gasteiger partial charge in [-0.15, -0.1) is 0 Å². The van der Waals surface area contributed by atoms with Crippen molar-refractivity contribution in [3.8, 4) is 0 Å². The van der Waals surface area contributed by atoms with Gasteiger partial charge in [0.15, 0.2) is 0 Å². The van der Waals surface area contributed by atoms with Crippen LogP contribution in [0.5, 0.6) is 0 Å². The highest BCUT2D eigenvalue weighted by Crippen LogP contribution is 2.24. The number of para-hydroxylation sites is 1. The number of nitrogens with zero attached hydrogens (tertiary/aromatic N) is 1. The molecule has 1 aromatic carbocycles. The molecule has 1 saturated heterocycles. The van der Waals surface area contributed by atoms with Crippen LogP contribution in [0.1, 0.15) is 37.2 Å². The fraction of sp³-hybridized carbons (Fsp3) is 0.471. The lowest BCUT2D eigenvalue weighted by atomic mass is 9.94. The SMILES string of the molecule is Cn1c(C(=O)NC2CCOC(C)(C)C2)cc2ccccc21. The Bertz CT molecular complexity index is 672. The van der Waals surface area contributed by atoms with Crippen LogP contribution in [-0.2, 0) is 11.8 Å². The number of hydrogen-bond acceptors (Lipinski definition) is 2. The van der Waals surface area contributed by atoms with E-state index < -0.39 is 0 Å². The molecule has 2 heterocycles. The molecule has 0 spiro atoms. The summed E-state index contributed by atoms with van der Waals surface area (Å²) < 4.78 is 7.65. The maximum Gasteiger partial charge on any atom is 0.268 e. The first kappa shape index (κ1) is 14.1. The van der Waals surface area contributed by atoms with Gasteiger partial charge in [0.2, 0.25) is 0 Å². The third kappa shape index (κ3) is 2.81. The van der Waals surface area contributed by atoms with Gasteiger partial charge in [-0.05, 0) is 38.8 Å². The van der Waals surface area contributed by atoms with Crippen molar-refractivity contribution in [2.24, 2.45) is 7.05 Å². The Labute approximate surface area is 125 Å². The second-order valence-corrected chi connectivity index (χ2v) is 6.42. The summed E-state index contributed by atoms with van der Waals surface area (Å²) >= 11 is 0. The van der Waals surface area contributed by atoms with Crippen LogP contribution in [0.3, 0.4) is 0 Å². The first-order valence-electron chi connectivity index (χ1n) is 7.45. The molecule has 0 aliphatic carbocycles. The second-order valence-electron chi connectivity index (χ2n) is 6.42. The van der Waals surface area contributed by atoms with E-state index in [1.807, 2.05) is 41.9 Å². The highest BCUT2D eigenvalue weighted by Gasteiger charge is 2.30. The zero-order valence-corrected chi connectivity index (χ0v) is 12.8. The Morgan fingerprint density at radius 1 is 1.38 bits per heavy atom. The van der Waals surface area contributed by atoms with Crippen LogP contribution < -0.4 is 5.32 Å². The summed E-state index contributed by atoms with van der Waals surface area (Å²) in [6, 6.07) is 10.2. The predicted molar refractivity (Wildman–Crippen MR) is 83.4 cm³/mol. The molecule has 4 heteroatoms. The lowest BCUT2D eigenvalue weighted by Gasteiger charge is -2.35. The van der Waals surface area contributed by atoms with Crippen molar-refractivity contribution in [3.63, 3.8) is 0 Å². The number of rotatable bonds is 2. The summed E-state index contributed by atoms with van der Waals surface area (Å²) in [5.74, 6) is -0.00333. The van der Waals surface area contributed by atoms with Crippen LogP contribution in [0.15, 0.2) is 30.3 Å². The topological polar surface area (TPSA) is 43.3 Å². The Morgan fingerprint density at radius 2 is 2.14 bits per heavy atom. The molecule has 0 saturated carbocycles. The number of fused-ring (bicyclic) bond motifs is 1. The third-order valence-corrected chi connectivity index (χ3v) is 4.22. The molecule has 0 bridgehead atoms. The van der Waals surface area contributed by atoms with Crippen molar-refractivity contribution in [3.05, 3.63) is 36.0 Å². The van der Waals surface area contributed by atoms with Gasteiger partial charge in [0, 0.05) is 30.6 Å². The van der Waals surface area contributed by atoms with Gasteiger partial charge < -0.3 is 14.6 Å². The molecule has 1 unspecified atom stereocenters. The number of carbonyl (C=O) groups excluding carboxylic acids is 1. The maximum atomic E-state index is 12.5. The lowest BCUT2D eigenvalue weighted by molar-refractivity contribution is -0.0615. The van der Waals surface area contributed by atoms with Gasteiger partial charge in [-0.1, -0.05) is 18.2 Å². The van der Waals surface area contributed by atoms with E-state index >= 15 is 0 Å². The van der Waals surface area contributed by atoms with Gasteiger partial charge in [0.05, 0.1) is 5.60 Å². The molecular formula is C17H22N2O2. The van der Waals surface area contributed by atoms with E-state index in [0.29, 0.717) is 12.3 Å².